The van der Waals surface area contributed by atoms with Crippen molar-refractivity contribution in [2.24, 2.45) is 0 Å². The van der Waals surface area contributed by atoms with Gasteiger partial charge in [0.1, 0.15) is 0 Å². The molecule has 30 heavy (non-hydrogen) atoms. The van der Waals surface area contributed by atoms with Crippen molar-refractivity contribution in [1.29, 1.82) is 0 Å². The molecule has 0 aromatic heterocycles. The number of carbonyl (C=O) groups is 1. The second-order valence-corrected chi connectivity index (χ2v) is 10.0. The third-order valence-electron chi connectivity index (χ3n) is 5.90. The monoisotopic (exact) mass is 437 g/mol. The van der Waals surface area contributed by atoms with Crippen molar-refractivity contribution in [3.63, 3.8) is 0 Å². The number of piperazine rings is 2. The molecular weight excluding hydrogens is 402 g/mol. The molecule has 8 nitrogen and oxygen atoms in total. The zero-order valence-electron chi connectivity index (χ0n) is 18.0. The van der Waals surface area contributed by atoms with Gasteiger partial charge in [-0.25, -0.2) is 8.42 Å². The maximum absolute atomic E-state index is 13.2. The maximum Gasteiger partial charge on any atom is 0.243 e. The van der Waals surface area contributed by atoms with Crippen molar-refractivity contribution >= 4 is 15.9 Å². The number of hydrogen-bond acceptors (Lipinski definition) is 6. The summed E-state index contributed by atoms with van der Waals surface area (Å²) in [6.45, 7) is 8.62. The molecule has 0 spiro atoms. The van der Waals surface area contributed by atoms with Gasteiger partial charge in [0.05, 0.1) is 4.90 Å². The minimum atomic E-state index is -3.62. The minimum absolute atomic E-state index is 0.0313. The first-order chi connectivity index (χ1) is 14.5. The number of benzene rings is 1. The van der Waals surface area contributed by atoms with Crippen LogP contribution in [0.1, 0.15) is 12.8 Å². The third-order valence-corrected chi connectivity index (χ3v) is 7.82. The molecule has 0 aliphatic carbocycles. The molecular formula is C21H35N5O3S. The van der Waals surface area contributed by atoms with Crippen LogP contribution in [0.2, 0.25) is 0 Å². The zero-order valence-corrected chi connectivity index (χ0v) is 18.8. The summed E-state index contributed by atoms with van der Waals surface area (Å²) in [6, 6.07) is 8.54. The smallest absolute Gasteiger partial charge is 0.243 e. The second kappa shape index (κ2) is 11.2. The molecule has 0 saturated carbocycles. The first kappa shape index (κ1) is 23.1. The topological polar surface area (TPSA) is 76.2 Å². The quantitative estimate of drug-likeness (QED) is 0.592. The minimum Gasteiger partial charge on any atom is -0.340 e. The Kier molecular flexibility index (Phi) is 8.64. The van der Waals surface area contributed by atoms with E-state index in [1.165, 1.54) is 4.31 Å². The van der Waals surface area contributed by atoms with Gasteiger partial charge >= 0.3 is 0 Å². The first-order valence-corrected chi connectivity index (χ1v) is 12.4. The zero-order chi connectivity index (χ0) is 21.4. The van der Waals surface area contributed by atoms with Crippen molar-refractivity contribution in [1.82, 2.24) is 24.3 Å². The van der Waals surface area contributed by atoms with Gasteiger partial charge in [0.25, 0.3) is 0 Å². The molecule has 0 bridgehead atoms. The number of nitrogens with one attached hydrogen (secondary N) is 1. The van der Waals surface area contributed by atoms with Crippen LogP contribution in [0.25, 0.3) is 0 Å². The molecule has 1 aromatic rings. The van der Waals surface area contributed by atoms with E-state index in [0.29, 0.717) is 24.5 Å². The molecule has 2 aliphatic heterocycles. The van der Waals surface area contributed by atoms with Gasteiger partial charge in [-0.2, -0.15) is 4.31 Å². The Balaban J connectivity index is 1.60. The van der Waals surface area contributed by atoms with E-state index in [4.69, 9.17) is 0 Å². The normalized spacial score (nSPS) is 19.3. The van der Waals surface area contributed by atoms with Gasteiger partial charge in [0.2, 0.25) is 15.9 Å². The standard InChI is InChI=1S/C21H35N5O3S/c1-23-16-18-24(19-17-23)11-5-12-26(30(28,29)20-6-3-2-4-7-20)13-8-21(27)25-14-9-22-10-15-25/h2-4,6-7,22H,5,8-19H2,1H3. The molecule has 1 N–H and O–H groups in total. The Bertz CT molecular complexity index is 760. The molecule has 1 aromatic carbocycles. The van der Waals surface area contributed by atoms with Crippen LogP contribution in [0.3, 0.4) is 0 Å². The van der Waals surface area contributed by atoms with Crippen LogP contribution < -0.4 is 5.32 Å². The molecule has 2 heterocycles. The lowest BCUT2D eigenvalue weighted by atomic mass is 10.3. The van der Waals surface area contributed by atoms with Crippen molar-refractivity contribution in [2.45, 2.75) is 17.7 Å². The predicted octanol–water partition coefficient (Wildman–Crippen LogP) is 0.137. The number of carbonyl (C=O) groups excluding carboxylic acids is 1. The molecule has 2 aliphatic rings. The van der Waals surface area contributed by atoms with Gasteiger partial charge in [0.15, 0.2) is 0 Å². The Morgan fingerprint density at radius 2 is 1.67 bits per heavy atom. The molecule has 9 heteroatoms. The fourth-order valence-electron chi connectivity index (χ4n) is 3.93. The van der Waals surface area contributed by atoms with Crippen molar-refractivity contribution in [3.05, 3.63) is 30.3 Å². The Morgan fingerprint density at radius 1 is 1.00 bits per heavy atom. The van der Waals surface area contributed by atoms with Crippen molar-refractivity contribution in [3.8, 4) is 0 Å². The predicted molar refractivity (Wildman–Crippen MR) is 118 cm³/mol. The van der Waals surface area contributed by atoms with E-state index in [2.05, 4.69) is 22.2 Å². The lowest BCUT2D eigenvalue weighted by molar-refractivity contribution is -0.131. The van der Waals surface area contributed by atoms with Crippen LogP contribution in [0, 0.1) is 0 Å². The first-order valence-electron chi connectivity index (χ1n) is 10.9. The van der Waals surface area contributed by atoms with Crippen LogP contribution in [0.4, 0.5) is 0 Å². The van der Waals surface area contributed by atoms with Gasteiger partial charge in [-0.15, -0.1) is 0 Å². The van der Waals surface area contributed by atoms with Crippen molar-refractivity contribution in [2.75, 3.05) is 79.0 Å². The Hall–Kier alpha value is -1.52. The summed E-state index contributed by atoms with van der Waals surface area (Å²) in [5.74, 6) is 0.0313. The fraction of sp³-hybridized carbons (Fsp3) is 0.667. The number of sulfonamides is 1. The van der Waals surface area contributed by atoms with Gasteiger partial charge in [-0.05, 0) is 32.1 Å². The molecule has 1 amide bonds. The Morgan fingerprint density at radius 3 is 2.33 bits per heavy atom. The largest absolute Gasteiger partial charge is 0.340 e. The van der Waals surface area contributed by atoms with Gasteiger partial charge in [0, 0.05) is 71.9 Å². The number of amides is 1. The Labute approximate surface area is 180 Å². The van der Waals surface area contributed by atoms with Crippen LogP contribution in [-0.4, -0.2) is 112 Å². The van der Waals surface area contributed by atoms with Crippen LogP contribution >= 0.6 is 0 Å². The van der Waals surface area contributed by atoms with Crippen LogP contribution in [-0.2, 0) is 14.8 Å². The van der Waals surface area contributed by atoms with E-state index in [-0.39, 0.29) is 18.9 Å². The lowest BCUT2D eigenvalue weighted by Gasteiger charge is -2.33. The summed E-state index contributed by atoms with van der Waals surface area (Å²) in [6.07, 6.45) is 0.984. The highest BCUT2D eigenvalue weighted by Crippen LogP contribution is 2.17. The number of rotatable bonds is 9. The summed E-state index contributed by atoms with van der Waals surface area (Å²) < 4.78 is 27.9. The highest BCUT2D eigenvalue weighted by molar-refractivity contribution is 7.89. The van der Waals surface area contributed by atoms with E-state index in [1.54, 1.807) is 24.3 Å². The molecule has 0 atom stereocenters. The van der Waals surface area contributed by atoms with E-state index < -0.39 is 10.0 Å². The average Bonchev–Trinajstić information content (AvgIpc) is 2.78. The molecule has 2 saturated heterocycles. The van der Waals surface area contributed by atoms with Gasteiger partial charge < -0.3 is 20.0 Å². The summed E-state index contributed by atoms with van der Waals surface area (Å²) in [4.78, 5) is 19.4. The third kappa shape index (κ3) is 6.49. The summed E-state index contributed by atoms with van der Waals surface area (Å²) in [7, 11) is -1.49. The summed E-state index contributed by atoms with van der Waals surface area (Å²) in [5, 5.41) is 3.23. The molecule has 2 fully saturated rings. The number of likely N-dealkylation sites (N-methyl/N-ethyl adjacent to an activating group) is 1. The highest BCUT2D eigenvalue weighted by atomic mass is 32.2. The molecule has 0 unspecified atom stereocenters. The fourth-order valence-corrected chi connectivity index (χ4v) is 5.43. The van der Waals surface area contributed by atoms with Crippen molar-refractivity contribution < 1.29 is 13.2 Å². The molecule has 0 radical (unpaired) electrons. The second-order valence-electron chi connectivity index (χ2n) is 8.10. The van der Waals surface area contributed by atoms with E-state index in [1.807, 2.05) is 11.0 Å². The summed E-state index contributed by atoms with van der Waals surface area (Å²) in [5.41, 5.74) is 0. The lowest BCUT2D eigenvalue weighted by Crippen LogP contribution is -2.47. The van der Waals surface area contributed by atoms with Gasteiger partial charge in [-0.1, -0.05) is 18.2 Å². The number of nitrogens with zero attached hydrogens (tertiary/aromatic N) is 4. The van der Waals surface area contributed by atoms with E-state index in [9.17, 15) is 13.2 Å². The number of hydrogen-bond donors (Lipinski definition) is 1. The highest BCUT2D eigenvalue weighted by Gasteiger charge is 2.26. The van der Waals surface area contributed by atoms with Crippen LogP contribution in [0.5, 0.6) is 0 Å². The maximum atomic E-state index is 13.2. The average molecular weight is 438 g/mol. The SMILES string of the molecule is CN1CCN(CCCN(CCC(=O)N2CCNCC2)S(=O)(=O)c2ccccc2)CC1. The van der Waals surface area contributed by atoms with E-state index >= 15 is 0 Å². The molecule has 168 valence electrons. The van der Waals surface area contributed by atoms with E-state index in [0.717, 1.165) is 52.2 Å². The van der Waals surface area contributed by atoms with Crippen LogP contribution in [0.15, 0.2) is 35.2 Å². The molecule has 3 rings (SSSR count). The summed E-state index contributed by atoms with van der Waals surface area (Å²) >= 11 is 0. The van der Waals surface area contributed by atoms with Gasteiger partial charge in [-0.3, -0.25) is 4.79 Å².